The Morgan fingerprint density at radius 3 is 2.52 bits per heavy atom. The van der Waals surface area contributed by atoms with Gasteiger partial charge in [-0.1, -0.05) is 19.9 Å². The van der Waals surface area contributed by atoms with Gasteiger partial charge < -0.3 is 25.0 Å². The minimum Gasteiger partial charge on any atom is -0.486 e. The third-order valence-corrected chi connectivity index (χ3v) is 4.06. The second-order valence-corrected chi connectivity index (χ2v) is 5.48. The highest BCUT2D eigenvalue weighted by molar-refractivity contribution is 5.44. The van der Waals surface area contributed by atoms with E-state index in [9.17, 15) is 10.2 Å². The smallest absolute Gasteiger partial charge is 0.161 e. The van der Waals surface area contributed by atoms with Gasteiger partial charge in [0.05, 0.1) is 11.7 Å². The van der Waals surface area contributed by atoms with Crippen LogP contribution in [-0.2, 0) is 0 Å². The molecule has 5 heteroatoms. The van der Waals surface area contributed by atoms with Crippen LogP contribution in [0.3, 0.4) is 0 Å². The van der Waals surface area contributed by atoms with E-state index in [0.29, 0.717) is 44.9 Å². The first kappa shape index (κ1) is 16.1. The van der Waals surface area contributed by atoms with E-state index >= 15 is 0 Å². The topological polar surface area (TPSA) is 71.0 Å². The highest BCUT2D eigenvalue weighted by atomic mass is 16.6. The third kappa shape index (κ3) is 4.09. The predicted octanol–water partition coefficient (Wildman–Crippen LogP) is 1.63. The van der Waals surface area contributed by atoms with Crippen LogP contribution in [0.5, 0.6) is 11.5 Å². The standard InChI is InChI=1S/C16H25NO4/c1-3-16(19,4-2)11-17-10-13(18)12-5-6-14-15(9-12)21-8-7-20-14/h5-6,9,13,17-19H,3-4,7-8,10-11H2,1-2H3. The van der Waals surface area contributed by atoms with Crippen molar-refractivity contribution in [3.63, 3.8) is 0 Å². The van der Waals surface area contributed by atoms with Gasteiger partial charge in [0, 0.05) is 13.1 Å². The summed E-state index contributed by atoms with van der Waals surface area (Å²) < 4.78 is 11.0. The average molecular weight is 295 g/mol. The molecule has 0 saturated carbocycles. The lowest BCUT2D eigenvalue weighted by Crippen LogP contribution is -2.40. The SMILES string of the molecule is CCC(O)(CC)CNCC(O)c1ccc2c(c1)OCCO2. The third-order valence-electron chi connectivity index (χ3n) is 4.06. The molecule has 1 aliphatic heterocycles. The zero-order valence-corrected chi connectivity index (χ0v) is 12.8. The maximum Gasteiger partial charge on any atom is 0.161 e. The molecule has 1 aliphatic rings. The zero-order chi connectivity index (χ0) is 15.3. The molecule has 0 saturated heterocycles. The summed E-state index contributed by atoms with van der Waals surface area (Å²) in [6.45, 7) is 5.88. The number of fused-ring (bicyclic) bond motifs is 1. The van der Waals surface area contributed by atoms with Crippen molar-refractivity contribution in [2.75, 3.05) is 26.3 Å². The summed E-state index contributed by atoms with van der Waals surface area (Å²) >= 11 is 0. The van der Waals surface area contributed by atoms with E-state index in [4.69, 9.17) is 9.47 Å². The molecule has 5 nitrogen and oxygen atoms in total. The summed E-state index contributed by atoms with van der Waals surface area (Å²) in [4.78, 5) is 0. The van der Waals surface area contributed by atoms with Gasteiger partial charge in [0.25, 0.3) is 0 Å². The van der Waals surface area contributed by atoms with Crippen LogP contribution in [0.1, 0.15) is 38.4 Å². The van der Waals surface area contributed by atoms with Gasteiger partial charge in [-0.15, -0.1) is 0 Å². The van der Waals surface area contributed by atoms with Crippen molar-refractivity contribution in [2.24, 2.45) is 0 Å². The number of benzene rings is 1. The number of hydrogen-bond donors (Lipinski definition) is 3. The average Bonchev–Trinajstić information content (AvgIpc) is 2.54. The summed E-state index contributed by atoms with van der Waals surface area (Å²) in [5.41, 5.74) is 0.0790. The summed E-state index contributed by atoms with van der Waals surface area (Å²) in [5.74, 6) is 1.40. The highest BCUT2D eigenvalue weighted by Gasteiger charge is 2.22. The monoisotopic (exact) mass is 295 g/mol. The van der Waals surface area contributed by atoms with Gasteiger partial charge in [-0.3, -0.25) is 0 Å². The van der Waals surface area contributed by atoms with Crippen molar-refractivity contribution in [2.45, 2.75) is 38.4 Å². The molecule has 1 aromatic rings. The summed E-state index contributed by atoms with van der Waals surface area (Å²) in [6, 6.07) is 5.47. The Morgan fingerprint density at radius 1 is 1.19 bits per heavy atom. The lowest BCUT2D eigenvalue weighted by atomic mass is 9.97. The second kappa shape index (κ2) is 7.11. The summed E-state index contributed by atoms with van der Waals surface area (Å²) in [7, 11) is 0. The van der Waals surface area contributed by atoms with E-state index in [-0.39, 0.29) is 0 Å². The molecule has 2 rings (SSSR count). The molecular formula is C16H25NO4. The fraction of sp³-hybridized carbons (Fsp3) is 0.625. The van der Waals surface area contributed by atoms with Crippen molar-refractivity contribution >= 4 is 0 Å². The second-order valence-electron chi connectivity index (χ2n) is 5.48. The summed E-state index contributed by atoms with van der Waals surface area (Å²) in [5, 5.41) is 23.5. The van der Waals surface area contributed by atoms with Crippen LogP contribution in [-0.4, -0.2) is 42.1 Å². The van der Waals surface area contributed by atoms with Gasteiger partial charge in [-0.2, -0.15) is 0 Å². The summed E-state index contributed by atoms with van der Waals surface area (Å²) in [6.07, 6.45) is 0.742. The Labute approximate surface area is 125 Å². The minimum absolute atomic E-state index is 0.391. The van der Waals surface area contributed by atoms with Gasteiger partial charge in [0.15, 0.2) is 11.5 Å². The maximum atomic E-state index is 10.2. The van der Waals surface area contributed by atoms with Crippen molar-refractivity contribution < 1.29 is 19.7 Å². The molecule has 0 radical (unpaired) electrons. The van der Waals surface area contributed by atoms with Crippen LogP contribution < -0.4 is 14.8 Å². The molecule has 0 bridgehead atoms. The first-order valence-corrected chi connectivity index (χ1v) is 7.58. The van der Waals surface area contributed by atoms with E-state index in [2.05, 4.69) is 5.32 Å². The largest absolute Gasteiger partial charge is 0.486 e. The highest BCUT2D eigenvalue weighted by Crippen LogP contribution is 2.32. The fourth-order valence-corrected chi connectivity index (χ4v) is 2.33. The van der Waals surface area contributed by atoms with E-state index in [1.807, 2.05) is 32.0 Å². The Balaban J connectivity index is 1.90. The molecule has 1 heterocycles. The fourth-order valence-electron chi connectivity index (χ4n) is 2.33. The van der Waals surface area contributed by atoms with Crippen molar-refractivity contribution in [3.05, 3.63) is 23.8 Å². The Hall–Kier alpha value is -1.30. The first-order valence-electron chi connectivity index (χ1n) is 7.58. The van der Waals surface area contributed by atoms with Crippen LogP contribution in [0.15, 0.2) is 18.2 Å². The number of aliphatic hydroxyl groups excluding tert-OH is 1. The lowest BCUT2D eigenvalue weighted by Gasteiger charge is -2.26. The molecule has 0 spiro atoms. The molecule has 0 aromatic heterocycles. The van der Waals surface area contributed by atoms with E-state index in [1.54, 1.807) is 0 Å². The van der Waals surface area contributed by atoms with Gasteiger partial charge in [-0.25, -0.2) is 0 Å². The molecular weight excluding hydrogens is 270 g/mol. The molecule has 21 heavy (non-hydrogen) atoms. The van der Waals surface area contributed by atoms with Crippen LogP contribution in [0.4, 0.5) is 0 Å². The molecule has 1 unspecified atom stereocenters. The van der Waals surface area contributed by atoms with Crippen LogP contribution in [0, 0.1) is 0 Å². The molecule has 0 fully saturated rings. The number of hydrogen-bond acceptors (Lipinski definition) is 5. The molecule has 3 N–H and O–H groups in total. The van der Waals surface area contributed by atoms with Crippen LogP contribution in [0.25, 0.3) is 0 Å². The number of nitrogens with one attached hydrogen (secondary N) is 1. The van der Waals surface area contributed by atoms with Gasteiger partial charge >= 0.3 is 0 Å². The van der Waals surface area contributed by atoms with Gasteiger partial charge in [0.1, 0.15) is 13.2 Å². The number of ether oxygens (including phenoxy) is 2. The Bertz CT molecular complexity index is 460. The van der Waals surface area contributed by atoms with E-state index in [1.165, 1.54) is 0 Å². The molecule has 0 amide bonds. The van der Waals surface area contributed by atoms with Crippen LogP contribution >= 0.6 is 0 Å². The van der Waals surface area contributed by atoms with Crippen molar-refractivity contribution in [3.8, 4) is 11.5 Å². The van der Waals surface area contributed by atoms with Gasteiger partial charge in [-0.05, 0) is 30.5 Å². The molecule has 1 aromatic carbocycles. The lowest BCUT2D eigenvalue weighted by molar-refractivity contribution is 0.0293. The molecule has 0 aliphatic carbocycles. The van der Waals surface area contributed by atoms with Crippen LogP contribution in [0.2, 0.25) is 0 Å². The molecule has 1 atom stereocenters. The Morgan fingerprint density at radius 2 is 1.86 bits per heavy atom. The zero-order valence-electron chi connectivity index (χ0n) is 12.8. The van der Waals surface area contributed by atoms with E-state index in [0.717, 1.165) is 11.3 Å². The van der Waals surface area contributed by atoms with E-state index < -0.39 is 11.7 Å². The number of rotatable bonds is 7. The Kier molecular flexibility index (Phi) is 5.45. The van der Waals surface area contributed by atoms with Crippen molar-refractivity contribution in [1.29, 1.82) is 0 Å². The normalized spacial score (nSPS) is 15.8. The van der Waals surface area contributed by atoms with Crippen molar-refractivity contribution in [1.82, 2.24) is 5.32 Å². The van der Waals surface area contributed by atoms with Gasteiger partial charge in [0.2, 0.25) is 0 Å². The predicted molar refractivity (Wildman–Crippen MR) is 80.8 cm³/mol. The quantitative estimate of drug-likeness (QED) is 0.713. The minimum atomic E-state index is -0.702. The first-order chi connectivity index (χ1) is 10.1. The molecule has 118 valence electrons. The maximum absolute atomic E-state index is 10.2. The number of aliphatic hydroxyl groups is 2.